The van der Waals surface area contributed by atoms with Gasteiger partial charge in [-0.1, -0.05) is 6.92 Å². The Bertz CT molecular complexity index is 465. The lowest BCUT2D eigenvalue weighted by molar-refractivity contribution is 0.169. The van der Waals surface area contributed by atoms with Crippen LogP contribution >= 0.6 is 11.3 Å². The van der Waals surface area contributed by atoms with Crippen molar-refractivity contribution in [2.45, 2.75) is 39.7 Å². The van der Waals surface area contributed by atoms with Crippen LogP contribution in [-0.4, -0.2) is 30.0 Å². The first-order valence-electron chi connectivity index (χ1n) is 5.68. The van der Waals surface area contributed by atoms with Crippen LogP contribution < -0.4 is 0 Å². The van der Waals surface area contributed by atoms with E-state index in [4.69, 9.17) is 0 Å². The first-order chi connectivity index (χ1) is 7.85. The fraction of sp³-hybridized carbons (Fsp3) is 0.727. The van der Waals surface area contributed by atoms with Gasteiger partial charge < -0.3 is 5.11 Å². The predicted molar refractivity (Wildman–Crippen MR) is 70.1 cm³/mol. The van der Waals surface area contributed by atoms with E-state index >= 15 is 0 Å². The van der Waals surface area contributed by atoms with Crippen molar-refractivity contribution in [1.29, 1.82) is 0 Å². The lowest BCUT2D eigenvalue weighted by Crippen LogP contribution is -2.10. The summed E-state index contributed by atoms with van der Waals surface area (Å²) in [6.45, 7) is 5.41. The van der Waals surface area contributed by atoms with Crippen molar-refractivity contribution in [2.24, 2.45) is 0 Å². The Morgan fingerprint density at radius 2 is 2.06 bits per heavy atom. The molecule has 0 saturated carbocycles. The maximum absolute atomic E-state index is 11.3. The van der Waals surface area contributed by atoms with Crippen LogP contribution in [-0.2, 0) is 9.84 Å². The fourth-order valence-electron chi connectivity index (χ4n) is 1.63. The average molecular weight is 277 g/mol. The molecule has 1 aromatic heterocycles. The number of hydrogen-bond donors (Lipinski definition) is 1. The quantitative estimate of drug-likeness (QED) is 0.863. The normalized spacial score (nSPS) is 13.9. The Labute approximate surface area is 107 Å². The Hall–Kier alpha value is -0.460. The highest BCUT2D eigenvalue weighted by Gasteiger charge is 2.16. The van der Waals surface area contributed by atoms with Crippen molar-refractivity contribution < 1.29 is 13.5 Å². The van der Waals surface area contributed by atoms with Crippen LogP contribution in [0.1, 0.15) is 41.4 Å². The van der Waals surface area contributed by atoms with Gasteiger partial charge in [-0.3, -0.25) is 0 Å². The van der Waals surface area contributed by atoms with Crippen molar-refractivity contribution in [1.82, 2.24) is 4.98 Å². The van der Waals surface area contributed by atoms with E-state index in [-0.39, 0.29) is 11.5 Å². The predicted octanol–water partition coefficient (Wildman–Crippen LogP) is 2.01. The van der Waals surface area contributed by atoms with E-state index in [1.165, 1.54) is 11.3 Å². The summed E-state index contributed by atoms with van der Waals surface area (Å²) in [5.41, 5.74) is 0.846. The number of thiazole rings is 1. The molecule has 1 atom stereocenters. The van der Waals surface area contributed by atoms with Gasteiger partial charge in [0, 0.05) is 5.75 Å². The molecular weight excluding hydrogens is 258 g/mol. The summed E-state index contributed by atoms with van der Waals surface area (Å²) in [7, 11) is -2.93. The molecule has 0 spiro atoms. The second-order valence-electron chi connectivity index (χ2n) is 4.08. The van der Waals surface area contributed by atoms with Crippen LogP contribution in [0.3, 0.4) is 0 Å². The second kappa shape index (κ2) is 5.93. The molecule has 1 unspecified atom stereocenters. The molecule has 0 bridgehead atoms. The van der Waals surface area contributed by atoms with Crippen molar-refractivity contribution in [3.63, 3.8) is 0 Å². The number of rotatable bonds is 6. The first-order valence-corrected chi connectivity index (χ1v) is 8.32. The van der Waals surface area contributed by atoms with Crippen LogP contribution in [0.25, 0.3) is 0 Å². The minimum Gasteiger partial charge on any atom is -0.388 e. The number of aliphatic hydroxyl groups is 1. The average Bonchev–Trinajstić information content (AvgIpc) is 2.57. The van der Waals surface area contributed by atoms with Crippen molar-refractivity contribution in [2.75, 3.05) is 11.5 Å². The summed E-state index contributed by atoms with van der Waals surface area (Å²) in [6.07, 6.45) is 0.378. The van der Waals surface area contributed by atoms with Gasteiger partial charge in [0.15, 0.2) is 0 Å². The minimum atomic E-state index is -2.93. The van der Waals surface area contributed by atoms with Gasteiger partial charge in [-0.2, -0.15) is 0 Å². The van der Waals surface area contributed by atoms with Crippen LogP contribution in [0.2, 0.25) is 0 Å². The zero-order valence-electron chi connectivity index (χ0n) is 10.4. The van der Waals surface area contributed by atoms with Gasteiger partial charge in [0.05, 0.1) is 27.4 Å². The first kappa shape index (κ1) is 14.6. The van der Waals surface area contributed by atoms with E-state index in [9.17, 15) is 13.5 Å². The highest BCUT2D eigenvalue weighted by molar-refractivity contribution is 7.91. The SMILES string of the molecule is CCS(=O)(=O)CCCC(O)c1sc(C)nc1C. The highest BCUT2D eigenvalue weighted by Crippen LogP contribution is 2.27. The van der Waals surface area contributed by atoms with E-state index in [1.807, 2.05) is 13.8 Å². The van der Waals surface area contributed by atoms with Gasteiger partial charge >= 0.3 is 0 Å². The lowest BCUT2D eigenvalue weighted by atomic mass is 10.1. The van der Waals surface area contributed by atoms with Gasteiger partial charge in [0.1, 0.15) is 9.84 Å². The zero-order valence-corrected chi connectivity index (χ0v) is 12.1. The summed E-state index contributed by atoms with van der Waals surface area (Å²) >= 11 is 1.48. The Morgan fingerprint density at radius 3 is 2.53 bits per heavy atom. The monoisotopic (exact) mass is 277 g/mol. The van der Waals surface area contributed by atoms with Crippen LogP contribution in [0.15, 0.2) is 0 Å². The number of sulfone groups is 1. The molecule has 0 saturated heterocycles. The topological polar surface area (TPSA) is 67.3 Å². The molecule has 0 aliphatic heterocycles. The Kier molecular flexibility index (Phi) is 5.09. The van der Waals surface area contributed by atoms with Crippen molar-refractivity contribution >= 4 is 21.2 Å². The van der Waals surface area contributed by atoms with Crippen molar-refractivity contribution in [3.8, 4) is 0 Å². The molecule has 0 aliphatic rings. The highest BCUT2D eigenvalue weighted by atomic mass is 32.2. The Morgan fingerprint density at radius 1 is 1.41 bits per heavy atom. The summed E-state index contributed by atoms with van der Waals surface area (Å²) in [5.74, 6) is 0.319. The Balaban J connectivity index is 2.51. The van der Waals surface area contributed by atoms with E-state index < -0.39 is 15.9 Å². The molecule has 0 radical (unpaired) electrons. The smallest absolute Gasteiger partial charge is 0.150 e. The van der Waals surface area contributed by atoms with E-state index in [0.717, 1.165) is 15.6 Å². The molecule has 0 aromatic carbocycles. The summed E-state index contributed by atoms with van der Waals surface area (Å²) < 4.78 is 22.6. The molecule has 6 heteroatoms. The van der Waals surface area contributed by atoms with Crippen LogP contribution in [0, 0.1) is 13.8 Å². The molecular formula is C11H19NO3S2. The molecule has 1 heterocycles. The molecule has 4 nitrogen and oxygen atoms in total. The second-order valence-corrected chi connectivity index (χ2v) is 7.78. The fourth-order valence-corrected chi connectivity index (χ4v) is 3.47. The summed E-state index contributed by atoms with van der Waals surface area (Å²) in [4.78, 5) is 5.10. The van der Waals surface area contributed by atoms with E-state index in [0.29, 0.717) is 12.8 Å². The third-order valence-electron chi connectivity index (χ3n) is 2.61. The van der Waals surface area contributed by atoms with Gasteiger partial charge in [-0.25, -0.2) is 13.4 Å². The zero-order chi connectivity index (χ0) is 13.1. The number of aryl methyl sites for hydroxylation is 2. The van der Waals surface area contributed by atoms with Gasteiger partial charge in [0.2, 0.25) is 0 Å². The number of nitrogens with zero attached hydrogens (tertiary/aromatic N) is 1. The molecule has 0 aliphatic carbocycles. The molecule has 1 aromatic rings. The standard InChI is InChI=1S/C11H19NO3S2/c1-4-17(14,15)7-5-6-10(13)11-8(2)12-9(3)16-11/h10,13H,4-7H2,1-3H3. The maximum atomic E-state index is 11.3. The summed E-state index contributed by atoms with van der Waals surface area (Å²) in [5, 5.41) is 10.9. The van der Waals surface area contributed by atoms with Crippen LogP contribution in [0.5, 0.6) is 0 Å². The maximum Gasteiger partial charge on any atom is 0.150 e. The molecule has 17 heavy (non-hydrogen) atoms. The number of hydrogen-bond acceptors (Lipinski definition) is 5. The van der Waals surface area contributed by atoms with Gasteiger partial charge in [0.25, 0.3) is 0 Å². The molecule has 0 fully saturated rings. The lowest BCUT2D eigenvalue weighted by Gasteiger charge is -2.08. The van der Waals surface area contributed by atoms with Gasteiger partial charge in [-0.05, 0) is 26.7 Å². The summed E-state index contributed by atoms with van der Waals surface area (Å²) in [6, 6.07) is 0. The van der Waals surface area contributed by atoms with Crippen LogP contribution in [0.4, 0.5) is 0 Å². The number of aromatic nitrogens is 1. The van der Waals surface area contributed by atoms with Gasteiger partial charge in [-0.15, -0.1) is 11.3 Å². The van der Waals surface area contributed by atoms with E-state index in [2.05, 4.69) is 4.98 Å². The third kappa shape index (κ3) is 4.37. The van der Waals surface area contributed by atoms with E-state index in [1.54, 1.807) is 6.92 Å². The molecule has 1 rings (SSSR count). The van der Waals surface area contributed by atoms with Crippen molar-refractivity contribution in [3.05, 3.63) is 15.6 Å². The molecule has 1 N–H and O–H groups in total. The molecule has 0 amide bonds. The number of aliphatic hydroxyl groups excluding tert-OH is 1. The largest absolute Gasteiger partial charge is 0.388 e. The molecule has 98 valence electrons. The third-order valence-corrected chi connectivity index (χ3v) is 5.58. The minimum absolute atomic E-state index is 0.150.